The van der Waals surface area contributed by atoms with Gasteiger partial charge in [-0.25, -0.2) is 0 Å². The molecule has 2 N–H and O–H groups in total. The van der Waals surface area contributed by atoms with Crippen LogP contribution >= 0.6 is 0 Å². The minimum absolute atomic E-state index is 0.0407. The highest BCUT2D eigenvalue weighted by atomic mass is 16.3. The van der Waals surface area contributed by atoms with Gasteiger partial charge >= 0.3 is 0 Å². The fourth-order valence-electron chi connectivity index (χ4n) is 2.10. The van der Waals surface area contributed by atoms with Crippen LogP contribution in [0.2, 0.25) is 0 Å². The lowest BCUT2D eigenvalue weighted by Gasteiger charge is -2.16. The number of para-hydroxylation sites is 1. The van der Waals surface area contributed by atoms with Gasteiger partial charge in [0.15, 0.2) is 0 Å². The third-order valence-electron chi connectivity index (χ3n) is 3.38. The maximum atomic E-state index is 12.1. The van der Waals surface area contributed by atoms with E-state index in [0.717, 1.165) is 23.3 Å². The highest BCUT2D eigenvalue weighted by Gasteiger charge is 2.18. The van der Waals surface area contributed by atoms with Crippen LogP contribution in [-0.2, 0) is 4.79 Å². The van der Waals surface area contributed by atoms with E-state index in [1.807, 2.05) is 51.1 Å². The van der Waals surface area contributed by atoms with Crippen molar-refractivity contribution in [2.45, 2.75) is 26.8 Å². The Morgan fingerprint density at radius 1 is 1.30 bits per heavy atom. The molecule has 0 radical (unpaired) electrons. The molecule has 20 heavy (non-hydrogen) atoms. The molecule has 0 fully saturated rings. The molecule has 1 amide bonds. The van der Waals surface area contributed by atoms with Crippen LogP contribution in [-0.4, -0.2) is 19.0 Å². The van der Waals surface area contributed by atoms with Gasteiger partial charge in [-0.2, -0.15) is 0 Å². The number of furan rings is 1. The van der Waals surface area contributed by atoms with E-state index in [9.17, 15) is 4.79 Å². The number of rotatable bonds is 6. The van der Waals surface area contributed by atoms with Gasteiger partial charge in [-0.15, -0.1) is 0 Å². The van der Waals surface area contributed by atoms with Gasteiger partial charge in [0, 0.05) is 17.8 Å². The summed E-state index contributed by atoms with van der Waals surface area (Å²) in [5, 5.41) is 7.23. The van der Waals surface area contributed by atoms with Gasteiger partial charge in [0.25, 0.3) is 0 Å². The van der Waals surface area contributed by atoms with Gasteiger partial charge in [-0.05, 0) is 25.6 Å². The van der Waals surface area contributed by atoms with Crippen molar-refractivity contribution in [1.29, 1.82) is 0 Å². The Kier molecular flexibility index (Phi) is 4.79. The molecule has 0 aliphatic heterocycles. The fourth-order valence-corrected chi connectivity index (χ4v) is 2.10. The molecular weight excluding hydrogens is 252 g/mol. The Morgan fingerprint density at radius 2 is 2.05 bits per heavy atom. The zero-order valence-corrected chi connectivity index (χ0v) is 12.3. The van der Waals surface area contributed by atoms with E-state index in [1.165, 1.54) is 0 Å². The predicted molar refractivity (Wildman–Crippen MR) is 80.5 cm³/mol. The van der Waals surface area contributed by atoms with Crippen molar-refractivity contribution in [2.75, 3.05) is 13.1 Å². The maximum Gasteiger partial charge on any atom is 0.224 e. The van der Waals surface area contributed by atoms with Crippen LogP contribution in [0.15, 0.2) is 34.7 Å². The third-order valence-corrected chi connectivity index (χ3v) is 3.38. The first-order valence-corrected chi connectivity index (χ1v) is 7.11. The first-order valence-electron chi connectivity index (χ1n) is 7.11. The summed E-state index contributed by atoms with van der Waals surface area (Å²) < 4.78 is 5.76. The third kappa shape index (κ3) is 3.39. The van der Waals surface area contributed by atoms with E-state index in [-0.39, 0.29) is 17.9 Å². The van der Waals surface area contributed by atoms with Gasteiger partial charge in [0.1, 0.15) is 11.3 Å². The van der Waals surface area contributed by atoms with Gasteiger partial charge in [0.05, 0.1) is 6.04 Å². The Balaban J connectivity index is 2.00. The van der Waals surface area contributed by atoms with Crippen molar-refractivity contribution in [1.82, 2.24) is 10.6 Å². The number of benzene rings is 1. The summed E-state index contributed by atoms with van der Waals surface area (Å²) in [6.07, 6.45) is 0. The summed E-state index contributed by atoms with van der Waals surface area (Å²) in [6.45, 7) is 7.45. The average molecular weight is 274 g/mol. The van der Waals surface area contributed by atoms with E-state index in [2.05, 4.69) is 10.6 Å². The number of carbonyl (C=O) groups excluding carboxylic acids is 1. The molecule has 0 aliphatic carbocycles. The van der Waals surface area contributed by atoms with Crippen molar-refractivity contribution in [3.63, 3.8) is 0 Å². The smallest absolute Gasteiger partial charge is 0.224 e. The van der Waals surface area contributed by atoms with Crippen LogP contribution in [0.4, 0.5) is 0 Å². The Morgan fingerprint density at radius 3 is 2.75 bits per heavy atom. The molecule has 4 nitrogen and oxygen atoms in total. The lowest BCUT2D eigenvalue weighted by molar-refractivity contribution is -0.125. The largest absolute Gasteiger partial charge is 0.459 e. The Hall–Kier alpha value is -1.81. The molecule has 108 valence electrons. The number of hydrogen-bond acceptors (Lipinski definition) is 3. The van der Waals surface area contributed by atoms with Crippen LogP contribution < -0.4 is 10.6 Å². The van der Waals surface area contributed by atoms with Crippen LogP contribution in [0.3, 0.4) is 0 Å². The number of nitrogens with one attached hydrogen (secondary N) is 2. The quantitative estimate of drug-likeness (QED) is 0.851. The number of fused-ring (bicyclic) bond motifs is 1. The van der Waals surface area contributed by atoms with Crippen LogP contribution in [0, 0.1) is 5.92 Å². The average Bonchev–Trinajstić information content (AvgIpc) is 2.88. The van der Waals surface area contributed by atoms with Gasteiger partial charge < -0.3 is 15.1 Å². The SMILES string of the molecule is CCNCC(C)C(=O)NC(C)c1cc2ccccc2o1. The van der Waals surface area contributed by atoms with Crippen molar-refractivity contribution >= 4 is 16.9 Å². The van der Waals surface area contributed by atoms with E-state index in [4.69, 9.17) is 4.42 Å². The van der Waals surface area contributed by atoms with Crippen molar-refractivity contribution in [3.05, 3.63) is 36.1 Å². The topological polar surface area (TPSA) is 54.3 Å². The molecule has 2 aromatic rings. The molecule has 0 aliphatic rings. The molecule has 0 saturated carbocycles. The molecule has 2 atom stereocenters. The zero-order chi connectivity index (χ0) is 14.5. The van der Waals surface area contributed by atoms with Crippen LogP contribution in [0.1, 0.15) is 32.6 Å². The van der Waals surface area contributed by atoms with E-state index in [0.29, 0.717) is 6.54 Å². The summed E-state index contributed by atoms with van der Waals surface area (Å²) in [5.74, 6) is 0.774. The number of carbonyl (C=O) groups is 1. The fraction of sp³-hybridized carbons (Fsp3) is 0.438. The molecule has 1 aromatic heterocycles. The second-order valence-corrected chi connectivity index (χ2v) is 5.13. The number of hydrogen-bond donors (Lipinski definition) is 2. The molecular formula is C16H22N2O2. The molecule has 2 unspecified atom stereocenters. The molecule has 0 bridgehead atoms. The van der Waals surface area contributed by atoms with Gasteiger partial charge in [-0.3, -0.25) is 4.79 Å². The molecule has 0 spiro atoms. The number of amides is 1. The summed E-state index contributed by atoms with van der Waals surface area (Å²) in [7, 11) is 0. The van der Waals surface area contributed by atoms with Crippen molar-refractivity contribution in [3.8, 4) is 0 Å². The van der Waals surface area contributed by atoms with Crippen LogP contribution in [0.25, 0.3) is 11.0 Å². The molecule has 4 heteroatoms. The normalized spacial score (nSPS) is 14.2. The van der Waals surface area contributed by atoms with Gasteiger partial charge in [0.2, 0.25) is 5.91 Å². The summed E-state index contributed by atoms with van der Waals surface area (Å²) >= 11 is 0. The lowest BCUT2D eigenvalue weighted by Crippen LogP contribution is -2.36. The highest BCUT2D eigenvalue weighted by Crippen LogP contribution is 2.23. The van der Waals surface area contributed by atoms with Crippen LogP contribution in [0.5, 0.6) is 0 Å². The lowest BCUT2D eigenvalue weighted by atomic mass is 10.1. The first-order chi connectivity index (χ1) is 9.61. The maximum absolute atomic E-state index is 12.1. The molecule has 1 heterocycles. The van der Waals surface area contributed by atoms with E-state index in [1.54, 1.807) is 0 Å². The van der Waals surface area contributed by atoms with Crippen molar-refractivity contribution < 1.29 is 9.21 Å². The summed E-state index contributed by atoms with van der Waals surface area (Å²) in [4.78, 5) is 12.1. The summed E-state index contributed by atoms with van der Waals surface area (Å²) in [5.41, 5.74) is 0.851. The zero-order valence-electron chi connectivity index (χ0n) is 12.3. The molecule has 0 saturated heterocycles. The monoisotopic (exact) mass is 274 g/mol. The Labute approximate surface area is 119 Å². The van der Waals surface area contributed by atoms with Gasteiger partial charge in [-0.1, -0.05) is 32.0 Å². The molecule has 2 rings (SSSR count). The summed E-state index contributed by atoms with van der Waals surface area (Å²) in [6, 6.07) is 9.71. The second kappa shape index (κ2) is 6.57. The highest BCUT2D eigenvalue weighted by molar-refractivity contribution is 5.80. The predicted octanol–water partition coefficient (Wildman–Crippen LogP) is 2.86. The van der Waals surface area contributed by atoms with E-state index < -0.39 is 0 Å². The standard InChI is InChI=1S/C16H22N2O2/c1-4-17-10-11(2)16(19)18-12(3)15-9-13-7-5-6-8-14(13)20-15/h5-9,11-12,17H,4,10H2,1-3H3,(H,18,19). The minimum Gasteiger partial charge on any atom is -0.459 e. The first kappa shape index (κ1) is 14.6. The second-order valence-electron chi connectivity index (χ2n) is 5.13. The van der Waals surface area contributed by atoms with Crippen molar-refractivity contribution in [2.24, 2.45) is 5.92 Å². The Bertz CT molecular complexity index is 544. The molecule has 1 aromatic carbocycles. The van der Waals surface area contributed by atoms with E-state index >= 15 is 0 Å². The minimum atomic E-state index is -0.126.